The van der Waals surface area contributed by atoms with Crippen LogP contribution in [-0.4, -0.2) is 46.2 Å². The maximum Gasteiger partial charge on any atom is 0.163 e. The second kappa shape index (κ2) is 10.3. The lowest BCUT2D eigenvalue weighted by atomic mass is 9.98. The Kier molecular flexibility index (Phi) is 7.44. The van der Waals surface area contributed by atoms with Crippen LogP contribution in [-0.2, 0) is 0 Å². The van der Waals surface area contributed by atoms with Crippen LogP contribution in [0.15, 0.2) is 41.1 Å². The maximum absolute atomic E-state index is 14.3. The Morgan fingerprint density at radius 3 is 2.71 bits per heavy atom. The van der Waals surface area contributed by atoms with Crippen molar-refractivity contribution < 1.29 is 13.9 Å². The lowest BCUT2D eigenvalue weighted by Crippen LogP contribution is -2.34. The van der Waals surface area contributed by atoms with Gasteiger partial charge in [-0.15, -0.1) is 0 Å². The van der Waals surface area contributed by atoms with Gasteiger partial charge in [0.15, 0.2) is 11.5 Å². The quantitative estimate of drug-likeness (QED) is 0.211. The zero-order valence-electron chi connectivity index (χ0n) is 17.1. The van der Waals surface area contributed by atoms with Crippen LogP contribution in [0.2, 0.25) is 0 Å². The van der Waals surface area contributed by atoms with E-state index in [0.717, 1.165) is 35.9 Å². The maximum atomic E-state index is 14.3. The van der Waals surface area contributed by atoms with Gasteiger partial charge in [-0.05, 0) is 56.1 Å². The van der Waals surface area contributed by atoms with E-state index in [1.807, 2.05) is 12.1 Å². The number of nitrogens with zero attached hydrogens (tertiary/aromatic N) is 3. The number of halogens is 3. The summed E-state index contributed by atoms with van der Waals surface area (Å²) in [7, 11) is 1.61. The molecule has 0 aliphatic carbocycles. The van der Waals surface area contributed by atoms with Crippen molar-refractivity contribution in [2.24, 2.45) is 5.92 Å². The Labute approximate surface area is 202 Å². The number of ether oxygens (including phenoxy) is 2. The van der Waals surface area contributed by atoms with Crippen molar-refractivity contribution in [1.29, 1.82) is 0 Å². The van der Waals surface area contributed by atoms with Crippen molar-refractivity contribution in [3.05, 3.63) is 46.9 Å². The summed E-state index contributed by atoms with van der Waals surface area (Å²) in [5, 5.41) is 3.78. The lowest BCUT2D eigenvalue weighted by molar-refractivity contribution is 0.155. The van der Waals surface area contributed by atoms with Crippen molar-refractivity contribution in [2.75, 3.05) is 36.7 Å². The average molecular weight is 601 g/mol. The molecule has 0 radical (unpaired) electrons. The van der Waals surface area contributed by atoms with Crippen LogP contribution >= 0.6 is 38.5 Å². The van der Waals surface area contributed by atoms with Gasteiger partial charge in [0.25, 0.3) is 0 Å². The number of anilines is 2. The Bertz CT molecular complexity index is 1060. The Morgan fingerprint density at radius 1 is 1.19 bits per heavy atom. The number of hydrogen-bond donors (Lipinski definition) is 1. The minimum absolute atomic E-state index is 0.334. The molecule has 164 valence electrons. The second-order valence-corrected chi connectivity index (χ2v) is 9.08. The van der Waals surface area contributed by atoms with Gasteiger partial charge in [-0.3, -0.25) is 4.90 Å². The largest absolute Gasteiger partial charge is 0.493 e. The first kappa shape index (κ1) is 22.5. The fraction of sp³-hybridized carbons (Fsp3) is 0.364. The van der Waals surface area contributed by atoms with Gasteiger partial charge in [-0.2, -0.15) is 0 Å². The molecule has 0 spiro atoms. The number of aromatic nitrogens is 2. The van der Waals surface area contributed by atoms with Crippen LogP contribution in [0.25, 0.3) is 10.9 Å². The van der Waals surface area contributed by atoms with Crippen LogP contribution in [0, 0.1) is 11.7 Å². The molecule has 1 aromatic heterocycles. The molecule has 0 saturated carbocycles. The Morgan fingerprint density at radius 2 is 2.00 bits per heavy atom. The standard InChI is InChI=1S/C22H23BrFIN4O2/c1-30-20-9-16-19(10-21(20)31-11-14-4-6-29(12-25)7-5-14)26-13-27-22(16)28-18-3-2-15(23)8-17(18)24/h2-3,8-10,13-14H,4-7,11-12H2,1H3,(H,26,27,28). The fourth-order valence-corrected chi connectivity index (χ4v) is 4.65. The first-order valence-electron chi connectivity index (χ1n) is 10.0. The van der Waals surface area contributed by atoms with E-state index in [1.54, 1.807) is 19.2 Å². The molecule has 1 aliphatic heterocycles. The SMILES string of the molecule is COc1cc2c(Nc3ccc(Br)cc3F)ncnc2cc1OCC1CCN(CI)CC1. The van der Waals surface area contributed by atoms with Crippen LogP contribution in [0.1, 0.15) is 12.8 Å². The number of benzene rings is 2. The molecule has 1 saturated heterocycles. The van der Waals surface area contributed by atoms with E-state index in [-0.39, 0.29) is 5.82 Å². The summed E-state index contributed by atoms with van der Waals surface area (Å²) in [5.41, 5.74) is 1.03. The molecule has 6 nitrogen and oxygen atoms in total. The number of alkyl halides is 1. The highest BCUT2D eigenvalue weighted by Gasteiger charge is 2.20. The van der Waals surface area contributed by atoms with E-state index in [9.17, 15) is 4.39 Å². The van der Waals surface area contributed by atoms with Crippen LogP contribution in [0.4, 0.5) is 15.9 Å². The summed E-state index contributed by atoms with van der Waals surface area (Å²) in [5.74, 6) is 1.92. The minimum atomic E-state index is -0.373. The minimum Gasteiger partial charge on any atom is -0.493 e. The number of rotatable bonds is 7. The van der Waals surface area contributed by atoms with Gasteiger partial charge in [0.1, 0.15) is 18.0 Å². The number of likely N-dealkylation sites (tertiary alicyclic amines) is 1. The molecular formula is C22H23BrFIN4O2. The van der Waals surface area contributed by atoms with Gasteiger partial charge in [0, 0.05) is 15.9 Å². The first-order chi connectivity index (χ1) is 15.1. The van der Waals surface area contributed by atoms with Gasteiger partial charge in [-0.25, -0.2) is 14.4 Å². The van der Waals surface area contributed by atoms with E-state index < -0.39 is 0 Å². The van der Waals surface area contributed by atoms with Gasteiger partial charge in [0.05, 0.1) is 29.5 Å². The van der Waals surface area contributed by atoms with E-state index in [0.29, 0.717) is 45.5 Å². The molecule has 0 unspecified atom stereocenters. The van der Waals surface area contributed by atoms with Gasteiger partial charge >= 0.3 is 0 Å². The molecule has 2 heterocycles. The van der Waals surface area contributed by atoms with E-state index in [4.69, 9.17) is 9.47 Å². The number of hydrogen-bond acceptors (Lipinski definition) is 6. The predicted molar refractivity (Wildman–Crippen MR) is 132 cm³/mol. The van der Waals surface area contributed by atoms with Gasteiger partial charge < -0.3 is 14.8 Å². The molecule has 31 heavy (non-hydrogen) atoms. The highest BCUT2D eigenvalue weighted by molar-refractivity contribution is 14.1. The smallest absolute Gasteiger partial charge is 0.163 e. The molecule has 1 fully saturated rings. The molecule has 2 aromatic carbocycles. The molecule has 9 heteroatoms. The third kappa shape index (κ3) is 5.38. The number of piperidine rings is 1. The van der Waals surface area contributed by atoms with Gasteiger partial charge in [0.2, 0.25) is 0 Å². The Hall–Kier alpha value is -1.72. The molecule has 4 rings (SSSR count). The first-order valence-corrected chi connectivity index (χ1v) is 12.3. The van der Waals surface area contributed by atoms with Gasteiger partial charge in [-0.1, -0.05) is 38.5 Å². The molecule has 1 N–H and O–H groups in total. The molecule has 0 atom stereocenters. The summed E-state index contributed by atoms with van der Waals surface area (Å²) in [6.45, 7) is 2.87. The zero-order valence-corrected chi connectivity index (χ0v) is 20.8. The monoisotopic (exact) mass is 600 g/mol. The van der Waals surface area contributed by atoms with Crippen molar-refractivity contribution in [3.63, 3.8) is 0 Å². The van der Waals surface area contributed by atoms with Crippen molar-refractivity contribution in [2.45, 2.75) is 12.8 Å². The molecule has 0 amide bonds. The van der Waals surface area contributed by atoms with Crippen LogP contribution in [0.5, 0.6) is 11.5 Å². The molecule has 3 aromatic rings. The predicted octanol–water partition coefficient (Wildman–Crippen LogP) is 5.77. The number of fused-ring (bicyclic) bond motifs is 1. The summed E-state index contributed by atoms with van der Waals surface area (Å²) < 4.78 is 27.8. The van der Waals surface area contributed by atoms with Crippen molar-refractivity contribution in [3.8, 4) is 11.5 Å². The lowest BCUT2D eigenvalue weighted by Gasteiger charge is -2.30. The van der Waals surface area contributed by atoms with E-state index >= 15 is 0 Å². The molecule has 0 bridgehead atoms. The molecule has 1 aliphatic rings. The van der Waals surface area contributed by atoms with Crippen molar-refractivity contribution >= 4 is 60.9 Å². The highest BCUT2D eigenvalue weighted by Crippen LogP contribution is 2.36. The number of nitrogens with one attached hydrogen (secondary N) is 1. The summed E-state index contributed by atoms with van der Waals surface area (Å²) in [4.78, 5) is 11.1. The third-order valence-electron chi connectivity index (χ3n) is 5.46. The topological polar surface area (TPSA) is 59.5 Å². The zero-order chi connectivity index (χ0) is 21.8. The molecular weight excluding hydrogens is 578 g/mol. The number of methoxy groups -OCH3 is 1. The second-order valence-electron chi connectivity index (χ2n) is 7.48. The average Bonchev–Trinajstić information content (AvgIpc) is 2.79. The fourth-order valence-electron chi connectivity index (χ4n) is 3.63. The van der Waals surface area contributed by atoms with Crippen LogP contribution < -0.4 is 14.8 Å². The summed E-state index contributed by atoms with van der Waals surface area (Å²) >= 11 is 5.68. The normalized spacial score (nSPS) is 15.2. The van der Waals surface area contributed by atoms with E-state index in [1.165, 1.54) is 12.4 Å². The van der Waals surface area contributed by atoms with Crippen molar-refractivity contribution in [1.82, 2.24) is 14.9 Å². The summed E-state index contributed by atoms with van der Waals surface area (Å²) in [6, 6.07) is 8.53. The Balaban J connectivity index is 1.55. The third-order valence-corrected chi connectivity index (χ3v) is 6.91. The van der Waals surface area contributed by atoms with E-state index in [2.05, 4.69) is 58.7 Å². The van der Waals surface area contributed by atoms with Crippen LogP contribution in [0.3, 0.4) is 0 Å². The summed E-state index contributed by atoms with van der Waals surface area (Å²) in [6.07, 6.45) is 3.72. The highest BCUT2D eigenvalue weighted by atomic mass is 127.